The van der Waals surface area contributed by atoms with Crippen molar-refractivity contribution in [2.24, 2.45) is 0 Å². The van der Waals surface area contributed by atoms with Crippen molar-refractivity contribution < 1.29 is 22.7 Å². The molecule has 0 aromatic heterocycles. The highest BCUT2D eigenvalue weighted by Gasteiger charge is 2.12. The van der Waals surface area contributed by atoms with Crippen molar-refractivity contribution in [1.82, 2.24) is 4.72 Å². The van der Waals surface area contributed by atoms with Crippen LogP contribution in [0, 0.1) is 6.92 Å². The summed E-state index contributed by atoms with van der Waals surface area (Å²) in [4.78, 5) is 23.4. The van der Waals surface area contributed by atoms with Gasteiger partial charge in [0.05, 0.1) is 0 Å². The molecule has 2 aromatic rings. The molecule has 28 heavy (non-hydrogen) atoms. The van der Waals surface area contributed by atoms with E-state index >= 15 is 0 Å². The SMILES string of the molecule is Cc1ccc(NC(=O)COC(=O)CNS(=O)(=O)/C=C/c2ccccc2)cc1Cl. The first kappa shape index (κ1) is 21.6. The number of esters is 1. The number of carbonyl (C=O) groups excluding carboxylic acids is 2. The minimum Gasteiger partial charge on any atom is -0.455 e. The van der Waals surface area contributed by atoms with Gasteiger partial charge in [0.25, 0.3) is 5.91 Å². The Bertz CT molecular complexity index is 975. The van der Waals surface area contributed by atoms with E-state index in [1.54, 1.807) is 42.5 Å². The Morgan fingerprint density at radius 2 is 1.86 bits per heavy atom. The third kappa shape index (κ3) is 7.51. The molecule has 0 aliphatic rings. The van der Waals surface area contributed by atoms with Crippen molar-refractivity contribution in [3.05, 3.63) is 70.1 Å². The van der Waals surface area contributed by atoms with E-state index in [0.29, 0.717) is 16.3 Å². The van der Waals surface area contributed by atoms with Gasteiger partial charge in [-0.3, -0.25) is 9.59 Å². The number of halogens is 1. The predicted molar refractivity (Wildman–Crippen MR) is 108 cm³/mol. The second kappa shape index (κ2) is 10.0. The lowest BCUT2D eigenvalue weighted by molar-refractivity contribution is -0.146. The smallest absolute Gasteiger partial charge is 0.321 e. The molecule has 2 aromatic carbocycles. The van der Waals surface area contributed by atoms with Gasteiger partial charge in [-0.1, -0.05) is 48.0 Å². The van der Waals surface area contributed by atoms with E-state index in [9.17, 15) is 18.0 Å². The predicted octanol–water partition coefficient (Wildman–Crippen LogP) is 2.72. The van der Waals surface area contributed by atoms with Crippen LogP contribution in [0.2, 0.25) is 5.02 Å². The molecule has 9 heteroatoms. The van der Waals surface area contributed by atoms with Crippen molar-refractivity contribution in [2.75, 3.05) is 18.5 Å². The summed E-state index contributed by atoms with van der Waals surface area (Å²) >= 11 is 5.97. The molecule has 0 radical (unpaired) electrons. The first-order chi connectivity index (χ1) is 13.2. The van der Waals surface area contributed by atoms with E-state index in [0.717, 1.165) is 11.0 Å². The van der Waals surface area contributed by atoms with Gasteiger partial charge in [-0.15, -0.1) is 0 Å². The molecule has 0 fully saturated rings. The number of sulfonamides is 1. The topological polar surface area (TPSA) is 102 Å². The number of aryl methyl sites for hydroxylation is 1. The minimum atomic E-state index is -3.82. The zero-order valence-corrected chi connectivity index (χ0v) is 16.6. The van der Waals surface area contributed by atoms with E-state index in [1.807, 2.05) is 13.0 Å². The number of nitrogens with one attached hydrogen (secondary N) is 2. The first-order valence-electron chi connectivity index (χ1n) is 8.19. The molecule has 0 saturated carbocycles. The maximum atomic E-state index is 11.8. The van der Waals surface area contributed by atoms with E-state index in [1.165, 1.54) is 6.08 Å². The molecule has 0 aliphatic carbocycles. The van der Waals surface area contributed by atoms with Crippen LogP contribution in [-0.4, -0.2) is 33.4 Å². The fourth-order valence-electron chi connectivity index (χ4n) is 2.00. The average molecular weight is 423 g/mol. The highest BCUT2D eigenvalue weighted by atomic mass is 35.5. The molecular formula is C19H19ClN2O5S. The van der Waals surface area contributed by atoms with Gasteiger partial charge < -0.3 is 10.1 Å². The van der Waals surface area contributed by atoms with Gasteiger partial charge in [0.2, 0.25) is 10.0 Å². The molecule has 0 saturated heterocycles. The molecule has 0 heterocycles. The molecule has 0 bridgehead atoms. The van der Waals surface area contributed by atoms with Crippen LogP contribution in [0.3, 0.4) is 0 Å². The molecule has 0 atom stereocenters. The van der Waals surface area contributed by atoms with Gasteiger partial charge >= 0.3 is 5.97 Å². The summed E-state index contributed by atoms with van der Waals surface area (Å²) in [6, 6.07) is 13.8. The van der Waals surface area contributed by atoms with E-state index in [2.05, 4.69) is 10.0 Å². The summed E-state index contributed by atoms with van der Waals surface area (Å²) in [5.41, 5.74) is 2.02. The van der Waals surface area contributed by atoms with Crippen LogP contribution in [0.25, 0.3) is 6.08 Å². The number of amides is 1. The van der Waals surface area contributed by atoms with Gasteiger partial charge in [-0.05, 0) is 36.3 Å². The molecule has 7 nitrogen and oxygen atoms in total. The Hall–Kier alpha value is -2.68. The molecule has 0 spiro atoms. The molecular weight excluding hydrogens is 404 g/mol. The Morgan fingerprint density at radius 3 is 2.54 bits per heavy atom. The van der Waals surface area contributed by atoms with Crippen molar-refractivity contribution >= 4 is 45.3 Å². The first-order valence-corrected chi connectivity index (χ1v) is 10.1. The molecule has 0 aliphatic heterocycles. The second-order valence-corrected chi connectivity index (χ2v) is 7.81. The van der Waals surface area contributed by atoms with Gasteiger partial charge in [0.15, 0.2) is 6.61 Å². The largest absolute Gasteiger partial charge is 0.455 e. The molecule has 1 amide bonds. The Labute approximate surface area is 168 Å². The van der Waals surface area contributed by atoms with Crippen molar-refractivity contribution in [3.8, 4) is 0 Å². The van der Waals surface area contributed by atoms with E-state index in [4.69, 9.17) is 16.3 Å². The van der Waals surface area contributed by atoms with Crippen LogP contribution >= 0.6 is 11.6 Å². The standard InChI is InChI=1S/C19H19ClN2O5S/c1-14-7-8-16(11-17(14)20)22-18(23)13-27-19(24)12-21-28(25,26)10-9-15-5-3-2-4-6-15/h2-11,21H,12-13H2,1H3,(H,22,23)/b10-9+. The molecule has 2 N–H and O–H groups in total. The monoisotopic (exact) mass is 422 g/mol. The highest BCUT2D eigenvalue weighted by molar-refractivity contribution is 7.92. The fraction of sp³-hybridized carbons (Fsp3) is 0.158. The lowest BCUT2D eigenvalue weighted by Crippen LogP contribution is -2.31. The molecule has 2 rings (SSSR count). The second-order valence-electron chi connectivity index (χ2n) is 5.75. The van der Waals surface area contributed by atoms with Crippen LogP contribution in [0.5, 0.6) is 0 Å². The van der Waals surface area contributed by atoms with E-state index in [-0.39, 0.29) is 0 Å². The van der Waals surface area contributed by atoms with Crippen LogP contribution < -0.4 is 10.0 Å². The molecule has 148 valence electrons. The quantitative estimate of drug-likeness (QED) is 0.637. The van der Waals surface area contributed by atoms with E-state index < -0.39 is 35.1 Å². The van der Waals surface area contributed by atoms with Crippen LogP contribution in [0.1, 0.15) is 11.1 Å². The zero-order valence-electron chi connectivity index (χ0n) is 15.0. The average Bonchev–Trinajstić information content (AvgIpc) is 2.67. The fourth-order valence-corrected chi connectivity index (χ4v) is 2.94. The Kier molecular flexibility index (Phi) is 7.74. The van der Waals surface area contributed by atoms with Crippen molar-refractivity contribution in [3.63, 3.8) is 0 Å². The third-order valence-corrected chi connectivity index (χ3v) is 4.93. The summed E-state index contributed by atoms with van der Waals surface area (Å²) in [7, 11) is -3.82. The van der Waals surface area contributed by atoms with Crippen LogP contribution in [0.4, 0.5) is 5.69 Å². The van der Waals surface area contributed by atoms with Gasteiger partial charge in [0.1, 0.15) is 6.54 Å². The summed E-state index contributed by atoms with van der Waals surface area (Å²) in [6.45, 7) is 0.683. The summed E-state index contributed by atoms with van der Waals surface area (Å²) < 4.78 is 30.5. The number of carbonyl (C=O) groups is 2. The molecule has 0 unspecified atom stereocenters. The van der Waals surface area contributed by atoms with Gasteiger partial charge in [-0.2, -0.15) is 0 Å². The maximum absolute atomic E-state index is 11.8. The zero-order chi connectivity index (χ0) is 20.6. The van der Waals surface area contributed by atoms with Gasteiger partial charge in [0, 0.05) is 16.1 Å². The summed E-state index contributed by atoms with van der Waals surface area (Å²) in [5, 5.41) is 3.97. The normalized spacial score (nSPS) is 11.4. The van der Waals surface area contributed by atoms with Crippen LogP contribution in [-0.2, 0) is 24.3 Å². The number of hydrogen-bond donors (Lipinski definition) is 2. The number of rotatable bonds is 8. The third-order valence-electron chi connectivity index (χ3n) is 3.48. The number of ether oxygens (including phenoxy) is 1. The maximum Gasteiger partial charge on any atom is 0.321 e. The van der Waals surface area contributed by atoms with Crippen molar-refractivity contribution in [1.29, 1.82) is 0 Å². The lowest BCUT2D eigenvalue weighted by Gasteiger charge is -2.08. The number of benzene rings is 2. The Morgan fingerprint density at radius 1 is 1.14 bits per heavy atom. The summed E-state index contributed by atoms with van der Waals surface area (Å²) in [5.74, 6) is -1.45. The van der Waals surface area contributed by atoms with Gasteiger partial charge in [-0.25, -0.2) is 13.1 Å². The minimum absolute atomic E-state index is 0.461. The highest BCUT2D eigenvalue weighted by Crippen LogP contribution is 2.19. The summed E-state index contributed by atoms with van der Waals surface area (Å²) in [6.07, 6.45) is 1.40. The van der Waals surface area contributed by atoms with Crippen LogP contribution in [0.15, 0.2) is 53.9 Å². The lowest BCUT2D eigenvalue weighted by atomic mass is 10.2. The Balaban J connectivity index is 1.76. The number of anilines is 1. The number of hydrogen-bond acceptors (Lipinski definition) is 5. The van der Waals surface area contributed by atoms with Crippen molar-refractivity contribution in [2.45, 2.75) is 6.92 Å².